The molecule has 4 nitrogen and oxygen atoms in total. The van der Waals surface area contributed by atoms with Crippen molar-refractivity contribution < 1.29 is 4.79 Å². The minimum Gasteiger partial charge on any atom is -0.372 e. The monoisotopic (exact) mass is 375 g/mol. The average Bonchev–Trinajstić information content (AvgIpc) is 2.57. The van der Waals surface area contributed by atoms with Gasteiger partial charge >= 0.3 is 6.03 Å². The molecule has 0 spiro atoms. The minimum absolute atomic E-state index is 0.205. The summed E-state index contributed by atoms with van der Waals surface area (Å²) in [5.74, 6) is 0. The van der Waals surface area contributed by atoms with Gasteiger partial charge < -0.3 is 15.5 Å². The van der Waals surface area contributed by atoms with E-state index >= 15 is 0 Å². The lowest BCUT2D eigenvalue weighted by molar-refractivity contribution is 0.251. The molecule has 122 valence electrons. The molecule has 23 heavy (non-hydrogen) atoms. The highest BCUT2D eigenvalue weighted by Crippen LogP contribution is 2.17. The molecular formula is C18H22BrN3O. The van der Waals surface area contributed by atoms with Gasteiger partial charge in [-0.15, -0.1) is 0 Å². The van der Waals surface area contributed by atoms with Gasteiger partial charge in [0.1, 0.15) is 0 Å². The summed E-state index contributed by atoms with van der Waals surface area (Å²) >= 11 is 3.39. The highest BCUT2D eigenvalue weighted by atomic mass is 79.9. The van der Waals surface area contributed by atoms with E-state index in [9.17, 15) is 4.79 Å². The molecule has 0 bridgehead atoms. The number of carbonyl (C=O) groups excluding carboxylic acids is 1. The van der Waals surface area contributed by atoms with E-state index in [1.165, 1.54) is 0 Å². The van der Waals surface area contributed by atoms with Crippen LogP contribution in [0.1, 0.15) is 19.4 Å². The van der Waals surface area contributed by atoms with E-state index in [4.69, 9.17) is 0 Å². The van der Waals surface area contributed by atoms with Crippen molar-refractivity contribution in [3.8, 4) is 0 Å². The Bertz CT molecular complexity index is 622. The summed E-state index contributed by atoms with van der Waals surface area (Å²) < 4.78 is 1.03. The Hall–Kier alpha value is -2.01. The Labute approximate surface area is 146 Å². The van der Waals surface area contributed by atoms with E-state index in [1.807, 2.05) is 48.5 Å². The summed E-state index contributed by atoms with van der Waals surface area (Å²) in [4.78, 5) is 14.2. The van der Waals surface area contributed by atoms with Crippen molar-refractivity contribution in [2.24, 2.45) is 0 Å². The molecule has 0 aromatic heterocycles. The van der Waals surface area contributed by atoms with E-state index in [0.717, 1.165) is 34.5 Å². The van der Waals surface area contributed by atoms with Gasteiger partial charge in [-0.3, -0.25) is 0 Å². The Morgan fingerprint density at radius 1 is 1.00 bits per heavy atom. The third-order valence-electron chi connectivity index (χ3n) is 3.62. The number of rotatable bonds is 6. The largest absolute Gasteiger partial charge is 0.372 e. The Kier molecular flexibility index (Phi) is 6.47. The first-order chi connectivity index (χ1) is 11.1. The van der Waals surface area contributed by atoms with Crippen molar-refractivity contribution in [2.45, 2.75) is 20.4 Å². The second-order valence-corrected chi connectivity index (χ2v) is 6.07. The molecular weight excluding hydrogens is 354 g/mol. The maximum Gasteiger partial charge on any atom is 0.319 e. The van der Waals surface area contributed by atoms with Crippen molar-refractivity contribution in [3.63, 3.8) is 0 Å². The highest BCUT2D eigenvalue weighted by molar-refractivity contribution is 9.10. The fraction of sp³-hybridized carbons (Fsp3) is 0.278. The lowest BCUT2D eigenvalue weighted by Gasteiger charge is -2.21. The van der Waals surface area contributed by atoms with Crippen LogP contribution in [0.3, 0.4) is 0 Å². The van der Waals surface area contributed by atoms with Crippen LogP contribution in [-0.2, 0) is 6.54 Å². The Morgan fingerprint density at radius 2 is 1.61 bits per heavy atom. The molecule has 0 aliphatic carbocycles. The number of nitrogens with zero attached hydrogens (tertiary/aromatic N) is 1. The van der Waals surface area contributed by atoms with Crippen LogP contribution < -0.4 is 15.5 Å². The summed E-state index contributed by atoms with van der Waals surface area (Å²) in [7, 11) is 0. The van der Waals surface area contributed by atoms with Gasteiger partial charge in [0, 0.05) is 35.5 Å². The summed E-state index contributed by atoms with van der Waals surface area (Å²) in [6.45, 7) is 6.70. The van der Waals surface area contributed by atoms with Gasteiger partial charge in [-0.2, -0.15) is 0 Å². The molecule has 0 unspecified atom stereocenters. The van der Waals surface area contributed by atoms with E-state index in [2.05, 4.69) is 45.3 Å². The molecule has 0 aliphatic heterocycles. The third-order valence-corrected chi connectivity index (χ3v) is 4.15. The van der Waals surface area contributed by atoms with Crippen LogP contribution >= 0.6 is 15.9 Å². The molecule has 2 amide bonds. The molecule has 2 aromatic carbocycles. The van der Waals surface area contributed by atoms with Crippen LogP contribution in [0.15, 0.2) is 53.0 Å². The number of carbonyl (C=O) groups is 1. The summed E-state index contributed by atoms with van der Waals surface area (Å²) in [5, 5.41) is 5.70. The molecule has 2 aromatic rings. The molecule has 0 radical (unpaired) electrons. The first-order valence-electron chi connectivity index (χ1n) is 7.76. The summed E-state index contributed by atoms with van der Waals surface area (Å²) in [5.41, 5.74) is 3.00. The van der Waals surface area contributed by atoms with Gasteiger partial charge in [0.2, 0.25) is 0 Å². The second kappa shape index (κ2) is 8.58. The van der Waals surface area contributed by atoms with Crippen LogP contribution in [0.2, 0.25) is 0 Å². The molecule has 0 heterocycles. The number of benzene rings is 2. The third kappa shape index (κ3) is 5.28. The zero-order chi connectivity index (χ0) is 16.7. The maximum atomic E-state index is 11.9. The van der Waals surface area contributed by atoms with Gasteiger partial charge in [0.15, 0.2) is 0 Å². The molecule has 0 atom stereocenters. The van der Waals surface area contributed by atoms with Crippen LogP contribution in [-0.4, -0.2) is 19.1 Å². The van der Waals surface area contributed by atoms with Crippen molar-refractivity contribution >= 4 is 33.3 Å². The van der Waals surface area contributed by atoms with Gasteiger partial charge in [-0.25, -0.2) is 4.79 Å². The predicted octanol–water partition coefficient (Wildman–Crippen LogP) is 4.62. The van der Waals surface area contributed by atoms with Crippen LogP contribution in [0.4, 0.5) is 16.2 Å². The van der Waals surface area contributed by atoms with E-state index < -0.39 is 0 Å². The van der Waals surface area contributed by atoms with Crippen LogP contribution in [0.25, 0.3) is 0 Å². The number of hydrogen-bond donors (Lipinski definition) is 2. The fourth-order valence-corrected chi connectivity index (χ4v) is 2.57. The zero-order valence-electron chi connectivity index (χ0n) is 13.5. The van der Waals surface area contributed by atoms with Gasteiger partial charge in [-0.1, -0.05) is 28.1 Å². The maximum absolute atomic E-state index is 11.9. The van der Waals surface area contributed by atoms with E-state index in [1.54, 1.807) is 0 Å². The van der Waals surface area contributed by atoms with Gasteiger partial charge in [0.05, 0.1) is 0 Å². The number of halogens is 1. The first kappa shape index (κ1) is 17.3. The second-order valence-electron chi connectivity index (χ2n) is 5.15. The fourth-order valence-electron chi connectivity index (χ4n) is 2.30. The number of anilines is 2. The summed E-state index contributed by atoms with van der Waals surface area (Å²) in [6, 6.07) is 15.6. The molecule has 2 rings (SSSR count). The molecule has 2 N–H and O–H groups in total. The van der Waals surface area contributed by atoms with Crippen molar-refractivity contribution in [1.29, 1.82) is 0 Å². The molecule has 0 saturated carbocycles. The molecule has 0 fully saturated rings. The summed E-state index contributed by atoms with van der Waals surface area (Å²) in [6.07, 6.45) is 0. The SMILES string of the molecule is CCN(CC)c1ccc(NC(=O)NCc2ccc(Br)cc2)cc1. The normalized spacial score (nSPS) is 10.2. The molecule has 5 heteroatoms. The Balaban J connectivity index is 1.86. The number of hydrogen-bond acceptors (Lipinski definition) is 2. The lowest BCUT2D eigenvalue weighted by atomic mass is 10.2. The minimum atomic E-state index is -0.205. The zero-order valence-corrected chi connectivity index (χ0v) is 15.1. The van der Waals surface area contributed by atoms with Gasteiger partial charge in [-0.05, 0) is 55.8 Å². The standard InChI is InChI=1S/C18H22BrN3O/c1-3-22(4-2)17-11-9-16(10-12-17)21-18(23)20-13-14-5-7-15(19)8-6-14/h5-12H,3-4,13H2,1-2H3,(H2,20,21,23). The van der Waals surface area contributed by atoms with Gasteiger partial charge in [0.25, 0.3) is 0 Å². The molecule has 0 saturated heterocycles. The van der Waals surface area contributed by atoms with Crippen molar-refractivity contribution in [1.82, 2.24) is 5.32 Å². The number of amides is 2. The van der Waals surface area contributed by atoms with E-state index in [-0.39, 0.29) is 6.03 Å². The predicted molar refractivity (Wildman–Crippen MR) is 100 cm³/mol. The van der Waals surface area contributed by atoms with Crippen molar-refractivity contribution in [3.05, 3.63) is 58.6 Å². The van der Waals surface area contributed by atoms with Crippen molar-refractivity contribution in [2.75, 3.05) is 23.3 Å². The number of nitrogens with one attached hydrogen (secondary N) is 2. The average molecular weight is 376 g/mol. The van der Waals surface area contributed by atoms with Crippen LogP contribution in [0, 0.1) is 0 Å². The topological polar surface area (TPSA) is 44.4 Å². The van der Waals surface area contributed by atoms with Crippen LogP contribution in [0.5, 0.6) is 0 Å². The highest BCUT2D eigenvalue weighted by Gasteiger charge is 2.04. The lowest BCUT2D eigenvalue weighted by Crippen LogP contribution is -2.28. The van der Waals surface area contributed by atoms with E-state index in [0.29, 0.717) is 6.54 Å². The number of urea groups is 1. The smallest absolute Gasteiger partial charge is 0.319 e. The quantitative estimate of drug-likeness (QED) is 0.773. The Morgan fingerprint density at radius 3 is 2.17 bits per heavy atom. The molecule has 0 aliphatic rings. The first-order valence-corrected chi connectivity index (χ1v) is 8.56.